The van der Waals surface area contributed by atoms with Gasteiger partial charge in [0.2, 0.25) is 0 Å². The summed E-state index contributed by atoms with van der Waals surface area (Å²) in [5, 5.41) is 0. The van der Waals surface area contributed by atoms with Gasteiger partial charge in [-0.3, -0.25) is 0 Å². The van der Waals surface area contributed by atoms with Crippen LogP contribution in [0, 0.1) is 5.41 Å². The van der Waals surface area contributed by atoms with Gasteiger partial charge in [0, 0.05) is 17.1 Å². The van der Waals surface area contributed by atoms with Crippen molar-refractivity contribution in [3.05, 3.63) is 41.0 Å². The van der Waals surface area contributed by atoms with Gasteiger partial charge in [0.25, 0.3) is 0 Å². The van der Waals surface area contributed by atoms with Crippen molar-refractivity contribution in [3.63, 3.8) is 0 Å². The summed E-state index contributed by atoms with van der Waals surface area (Å²) in [6.07, 6.45) is 4.18. The minimum absolute atomic E-state index is 0.0853. The molecule has 2 heteroatoms. The van der Waals surface area contributed by atoms with Gasteiger partial charge in [-0.2, -0.15) is 0 Å². The van der Waals surface area contributed by atoms with E-state index in [0.717, 1.165) is 30.6 Å². The van der Waals surface area contributed by atoms with Crippen LogP contribution in [0.3, 0.4) is 0 Å². The van der Waals surface area contributed by atoms with Gasteiger partial charge in [-0.05, 0) is 37.2 Å². The molecule has 2 nitrogen and oxygen atoms in total. The van der Waals surface area contributed by atoms with Gasteiger partial charge in [-0.25, -0.2) is 4.79 Å². The third-order valence-corrected chi connectivity index (χ3v) is 4.40. The second kappa shape index (κ2) is 4.76. The number of benzene rings is 1. The van der Waals surface area contributed by atoms with E-state index in [1.165, 1.54) is 17.6 Å². The second-order valence-electron chi connectivity index (χ2n) is 6.94. The van der Waals surface area contributed by atoms with E-state index in [1.807, 2.05) is 18.2 Å². The number of carbonyl (C=O) groups excluding carboxylic acids is 1. The first-order valence-corrected chi connectivity index (χ1v) is 7.51. The summed E-state index contributed by atoms with van der Waals surface area (Å²) in [5.41, 5.74) is 3.51. The van der Waals surface area contributed by atoms with Gasteiger partial charge in [0.1, 0.15) is 5.75 Å². The second-order valence-corrected chi connectivity index (χ2v) is 6.94. The first-order chi connectivity index (χ1) is 9.48. The van der Waals surface area contributed by atoms with Crippen LogP contribution in [0.2, 0.25) is 0 Å². The summed E-state index contributed by atoms with van der Waals surface area (Å²) < 4.78 is 5.65. The Morgan fingerprint density at radius 1 is 1.10 bits per heavy atom. The molecule has 1 aromatic rings. The highest BCUT2D eigenvalue weighted by atomic mass is 16.5. The Morgan fingerprint density at radius 3 is 2.55 bits per heavy atom. The Bertz CT molecular complexity index is 575. The van der Waals surface area contributed by atoms with E-state index in [4.69, 9.17) is 4.74 Å². The molecule has 20 heavy (non-hydrogen) atoms. The van der Waals surface area contributed by atoms with E-state index in [0.29, 0.717) is 0 Å². The molecule has 3 rings (SSSR count). The largest absolute Gasteiger partial charge is 0.423 e. The smallest absolute Gasteiger partial charge is 0.339 e. The van der Waals surface area contributed by atoms with Crippen molar-refractivity contribution in [1.29, 1.82) is 0 Å². The summed E-state index contributed by atoms with van der Waals surface area (Å²) in [7, 11) is 0. The van der Waals surface area contributed by atoms with Gasteiger partial charge in [-0.1, -0.05) is 44.5 Å². The monoisotopic (exact) mass is 270 g/mol. The average Bonchev–Trinajstić information content (AvgIpc) is 2.52. The quantitative estimate of drug-likeness (QED) is 0.508. The van der Waals surface area contributed by atoms with Crippen LogP contribution in [0.25, 0.3) is 0 Å². The van der Waals surface area contributed by atoms with Crippen molar-refractivity contribution in [2.24, 2.45) is 5.41 Å². The lowest BCUT2D eigenvalue weighted by Crippen LogP contribution is -2.23. The number of rotatable bonds is 0. The maximum absolute atomic E-state index is 12.4. The van der Waals surface area contributed by atoms with Crippen molar-refractivity contribution < 1.29 is 9.53 Å². The van der Waals surface area contributed by atoms with Crippen LogP contribution in [0.4, 0.5) is 0 Å². The summed E-state index contributed by atoms with van der Waals surface area (Å²) in [5.74, 6) is 0.895. The molecule has 0 N–H and O–H groups in total. The molecular weight excluding hydrogens is 248 g/mol. The number of ether oxygens (including phenoxy) is 1. The van der Waals surface area contributed by atoms with Crippen molar-refractivity contribution in [2.45, 2.75) is 52.4 Å². The molecule has 0 saturated heterocycles. The zero-order valence-electron chi connectivity index (χ0n) is 12.5. The fraction of sp³-hybridized carbons (Fsp3) is 0.500. The molecule has 0 bridgehead atoms. The lowest BCUT2D eigenvalue weighted by molar-refractivity contribution is -0.130. The lowest BCUT2D eigenvalue weighted by Gasteiger charge is -2.35. The Labute approximate surface area is 120 Å². The van der Waals surface area contributed by atoms with E-state index in [1.54, 1.807) is 0 Å². The molecule has 1 aliphatic heterocycles. The van der Waals surface area contributed by atoms with E-state index < -0.39 is 0 Å². The van der Waals surface area contributed by atoms with Crippen LogP contribution < -0.4 is 4.74 Å². The van der Waals surface area contributed by atoms with E-state index in [2.05, 4.69) is 26.8 Å². The molecule has 1 unspecified atom stereocenters. The molecule has 0 spiro atoms. The minimum Gasteiger partial charge on any atom is -0.423 e. The van der Waals surface area contributed by atoms with Crippen LogP contribution in [-0.2, 0) is 4.79 Å². The van der Waals surface area contributed by atoms with Crippen molar-refractivity contribution in [3.8, 4) is 5.75 Å². The fourth-order valence-electron chi connectivity index (χ4n) is 3.63. The molecule has 1 heterocycles. The Kier molecular flexibility index (Phi) is 3.19. The van der Waals surface area contributed by atoms with Crippen LogP contribution in [0.15, 0.2) is 35.4 Å². The molecule has 106 valence electrons. The van der Waals surface area contributed by atoms with Gasteiger partial charge in [0.15, 0.2) is 0 Å². The molecule has 0 amide bonds. The van der Waals surface area contributed by atoms with Crippen LogP contribution >= 0.6 is 0 Å². The maximum Gasteiger partial charge on any atom is 0.339 e. The van der Waals surface area contributed by atoms with Gasteiger partial charge >= 0.3 is 5.97 Å². The number of para-hydroxylation sites is 1. The number of hydrogen-bond donors (Lipinski definition) is 0. The Morgan fingerprint density at radius 2 is 1.80 bits per heavy atom. The highest BCUT2D eigenvalue weighted by Gasteiger charge is 2.38. The SMILES string of the molecule is CC(C)(C)C1C2=C(CCCC2)C(=O)Oc2ccccc21. The van der Waals surface area contributed by atoms with E-state index >= 15 is 0 Å². The maximum atomic E-state index is 12.4. The van der Waals surface area contributed by atoms with Crippen LogP contribution in [-0.4, -0.2) is 5.97 Å². The first-order valence-electron chi connectivity index (χ1n) is 7.51. The van der Waals surface area contributed by atoms with Crippen molar-refractivity contribution in [1.82, 2.24) is 0 Å². The number of esters is 1. The number of allylic oxidation sites excluding steroid dienone is 1. The summed E-state index contributed by atoms with van der Waals surface area (Å²) in [6, 6.07) is 8.02. The molecule has 0 fully saturated rings. The van der Waals surface area contributed by atoms with E-state index in [9.17, 15) is 4.79 Å². The first kappa shape index (κ1) is 13.4. The highest BCUT2D eigenvalue weighted by Crippen LogP contribution is 2.50. The van der Waals surface area contributed by atoms with E-state index in [-0.39, 0.29) is 17.3 Å². The third kappa shape index (κ3) is 2.17. The molecule has 2 aliphatic rings. The van der Waals surface area contributed by atoms with Crippen LogP contribution in [0.5, 0.6) is 5.75 Å². The molecule has 0 radical (unpaired) electrons. The zero-order chi connectivity index (χ0) is 14.3. The average molecular weight is 270 g/mol. The molecular formula is C18H22O2. The predicted molar refractivity (Wildman–Crippen MR) is 79.8 cm³/mol. The molecule has 0 aromatic heterocycles. The van der Waals surface area contributed by atoms with Gasteiger partial charge < -0.3 is 4.74 Å². The standard InChI is InChI=1S/C18H22O2/c1-18(2,3)16-12-8-4-5-9-13(12)17(19)20-15-11-7-6-10-14(15)16/h6-7,10-11,16H,4-5,8-9H2,1-3H3. The predicted octanol–water partition coefficient (Wildman–Crippen LogP) is 4.61. The van der Waals surface area contributed by atoms with Gasteiger partial charge in [-0.15, -0.1) is 0 Å². The topological polar surface area (TPSA) is 26.3 Å². The Balaban J connectivity index is 2.23. The van der Waals surface area contributed by atoms with Crippen molar-refractivity contribution >= 4 is 5.97 Å². The van der Waals surface area contributed by atoms with Crippen LogP contribution in [0.1, 0.15) is 57.9 Å². The zero-order valence-corrected chi connectivity index (χ0v) is 12.5. The van der Waals surface area contributed by atoms with Crippen molar-refractivity contribution in [2.75, 3.05) is 0 Å². The van der Waals surface area contributed by atoms with Gasteiger partial charge in [0.05, 0.1) is 0 Å². The minimum atomic E-state index is -0.126. The third-order valence-electron chi connectivity index (χ3n) is 4.40. The lowest BCUT2D eigenvalue weighted by atomic mass is 9.68. The Hall–Kier alpha value is -1.57. The molecule has 0 saturated carbocycles. The molecule has 1 aromatic carbocycles. The fourth-order valence-corrected chi connectivity index (χ4v) is 3.63. The number of carbonyl (C=O) groups is 1. The summed E-state index contributed by atoms with van der Waals surface area (Å²) in [6.45, 7) is 6.76. The number of fused-ring (bicyclic) bond motifs is 1. The summed E-state index contributed by atoms with van der Waals surface area (Å²) in [4.78, 5) is 12.4. The summed E-state index contributed by atoms with van der Waals surface area (Å²) >= 11 is 0. The number of hydrogen-bond acceptors (Lipinski definition) is 2. The molecule has 1 aliphatic carbocycles. The molecule has 1 atom stereocenters. The highest BCUT2D eigenvalue weighted by molar-refractivity contribution is 5.92. The normalized spacial score (nSPS) is 22.8.